The highest BCUT2D eigenvalue weighted by atomic mass is 32.2. The molecule has 7 nitrogen and oxygen atoms in total. The lowest BCUT2D eigenvalue weighted by molar-refractivity contribution is 0.577. The van der Waals surface area contributed by atoms with Crippen LogP contribution in [0.1, 0.15) is 5.69 Å². The largest absolute Gasteiger partial charge is 0.461 e. The SMILES string of the molecule is Cn1c(CSc2nc(-c3ccco3)nc3ccccc23)cc(=O)n(C)c1=O. The molecule has 0 bridgehead atoms. The topological polar surface area (TPSA) is 82.9 Å². The van der Waals surface area contributed by atoms with E-state index in [0.29, 0.717) is 23.0 Å². The summed E-state index contributed by atoms with van der Waals surface area (Å²) < 4.78 is 7.99. The third-order valence-electron chi connectivity index (χ3n) is 4.29. The van der Waals surface area contributed by atoms with Crippen LogP contribution in [0.25, 0.3) is 22.5 Å². The van der Waals surface area contributed by atoms with Crippen LogP contribution < -0.4 is 11.2 Å². The normalized spacial score (nSPS) is 11.2. The Balaban J connectivity index is 1.76. The van der Waals surface area contributed by atoms with Gasteiger partial charge in [0.15, 0.2) is 11.6 Å². The second-order valence-electron chi connectivity index (χ2n) is 6.01. The van der Waals surface area contributed by atoms with Gasteiger partial charge in [-0.2, -0.15) is 0 Å². The minimum atomic E-state index is -0.345. The van der Waals surface area contributed by atoms with E-state index in [9.17, 15) is 9.59 Å². The molecule has 3 aromatic heterocycles. The van der Waals surface area contributed by atoms with Gasteiger partial charge in [0.25, 0.3) is 5.56 Å². The molecule has 0 N–H and O–H groups in total. The molecule has 4 rings (SSSR count). The monoisotopic (exact) mass is 380 g/mol. The van der Waals surface area contributed by atoms with Gasteiger partial charge in [0.1, 0.15) is 5.03 Å². The average Bonchev–Trinajstić information content (AvgIpc) is 3.22. The van der Waals surface area contributed by atoms with Gasteiger partial charge < -0.3 is 4.42 Å². The zero-order valence-electron chi connectivity index (χ0n) is 14.7. The second kappa shape index (κ2) is 6.88. The van der Waals surface area contributed by atoms with Crippen LogP contribution in [-0.2, 0) is 19.8 Å². The minimum absolute atomic E-state index is 0.322. The van der Waals surface area contributed by atoms with E-state index in [0.717, 1.165) is 20.5 Å². The summed E-state index contributed by atoms with van der Waals surface area (Å²) in [6.45, 7) is 0. The van der Waals surface area contributed by atoms with Crippen LogP contribution >= 0.6 is 11.8 Å². The maximum absolute atomic E-state index is 12.1. The Bertz CT molecular complexity index is 1240. The lowest BCUT2D eigenvalue weighted by Crippen LogP contribution is -2.37. The molecule has 136 valence electrons. The molecule has 0 aliphatic heterocycles. The summed E-state index contributed by atoms with van der Waals surface area (Å²) in [5.41, 5.74) is 0.772. The first-order valence-electron chi connectivity index (χ1n) is 8.24. The van der Waals surface area contributed by atoms with Crippen LogP contribution in [0.5, 0.6) is 0 Å². The highest BCUT2D eigenvalue weighted by Gasteiger charge is 2.13. The van der Waals surface area contributed by atoms with Gasteiger partial charge in [-0.1, -0.05) is 30.0 Å². The van der Waals surface area contributed by atoms with Crippen molar-refractivity contribution in [3.8, 4) is 11.6 Å². The Hall–Kier alpha value is -3.13. The summed E-state index contributed by atoms with van der Waals surface area (Å²) in [5.74, 6) is 1.52. The molecular weight excluding hydrogens is 364 g/mol. The number of hydrogen-bond donors (Lipinski definition) is 0. The first-order chi connectivity index (χ1) is 13.0. The van der Waals surface area contributed by atoms with Crippen molar-refractivity contribution in [2.75, 3.05) is 0 Å². The van der Waals surface area contributed by atoms with Crippen molar-refractivity contribution in [1.29, 1.82) is 0 Å². The molecule has 27 heavy (non-hydrogen) atoms. The summed E-state index contributed by atoms with van der Waals surface area (Å²) in [4.78, 5) is 33.3. The van der Waals surface area contributed by atoms with E-state index in [1.54, 1.807) is 19.4 Å². The second-order valence-corrected chi connectivity index (χ2v) is 6.97. The molecule has 0 spiro atoms. The van der Waals surface area contributed by atoms with E-state index in [1.165, 1.54) is 29.4 Å². The quantitative estimate of drug-likeness (QED) is 0.400. The lowest BCUT2D eigenvalue weighted by Gasteiger charge is -2.10. The van der Waals surface area contributed by atoms with Crippen molar-refractivity contribution >= 4 is 22.7 Å². The molecule has 0 atom stereocenters. The van der Waals surface area contributed by atoms with E-state index in [2.05, 4.69) is 9.97 Å². The van der Waals surface area contributed by atoms with Crippen molar-refractivity contribution in [2.45, 2.75) is 10.8 Å². The van der Waals surface area contributed by atoms with Crippen LogP contribution in [0.4, 0.5) is 0 Å². The van der Waals surface area contributed by atoms with Crippen LogP contribution in [0, 0.1) is 0 Å². The third kappa shape index (κ3) is 3.19. The summed E-state index contributed by atoms with van der Waals surface area (Å²) >= 11 is 1.45. The molecule has 0 unspecified atom stereocenters. The zero-order chi connectivity index (χ0) is 19.0. The highest BCUT2D eigenvalue weighted by molar-refractivity contribution is 7.98. The van der Waals surface area contributed by atoms with Crippen LogP contribution in [0.15, 0.2) is 67.8 Å². The van der Waals surface area contributed by atoms with E-state index >= 15 is 0 Å². The molecule has 0 saturated carbocycles. The molecule has 0 fully saturated rings. The van der Waals surface area contributed by atoms with Crippen molar-refractivity contribution in [1.82, 2.24) is 19.1 Å². The zero-order valence-corrected chi connectivity index (χ0v) is 15.6. The Labute approximate surface area is 158 Å². The number of fused-ring (bicyclic) bond motifs is 1. The van der Waals surface area contributed by atoms with Crippen molar-refractivity contribution in [2.24, 2.45) is 14.1 Å². The highest BCUT2D eigenvalue weighted by Crippen LogP contribution is 2.30. The predicted octanol–water partition coefficient (Wildman–Crippen LogP) is 2.58. The van der Waals surface area contributed by atoms with E-state index in [1.807, 2.05) is 30.3 Å². The Morgan fingerprint density at radius 3 is 2.63 bits per heavy atom. The molecule has 1 aromatic carbocycles. The molecule has 0 aliphatic rings. The molecular formula is C19H16N4O3S. The van der Waals surface area contributed by atoms with Crippen molar-refractivity contribution < 1.29 is 4.42 Å². The number of hydrogen-bond acceptors (Lipinski definition) is 6. The fourth-order valence-corrected chi connectivity index (χ4v) is 3.77. The van der Waals surface area contributed by atoms with Gasteiger partial charge in [0.05, 0.1) is 11.8 Å². The summed E-state index contributed by atoms with van der Waals surface area (Å²) in [6.07, 6.45) is 1.58. The number of rotatable bonds is 4. The first-order valence-corrected chi connectivity index (χ1v) is 9.22. The van der Waals surface area contributed by atoms with E-state index in [4.69, 9.17) is 4.42 Å². The van der Waals surface area contributed by atoms with Gasteiger partial charge in [-0.05, 0) is 18.2 Å². The van der Waals surface area contributed by atoms with Crippen molar-refractivity contribution in [3.05, 3.63) is 75.3 Å². The smallest absolute Gasteiger partial charge is 0.330 e. The molecule has 4 aromatic rings. The Morgan fingerprint density at radius 2 is 1.85 bits per heavy atom. The minimum Gasteiger partial charge on any atom is -0.461 e. The Morgan fingerprint density at radius 1 is 1.04 bits per heavy atom. The van der Waals surface area contributed by atoms with Gasteiger partial charge in [-0.15, -0.1) is 0 Å². The van der Waals surface area contributed by atoms with Crippen LogP contribution in [-0.4, -0.2) is 19.1 Å². The molecule has 0 amide bonds. The number of nitrogens with zero attached hydrogens (tertiary/aromatic N) is 4. The molecule has 3 heterocycles. The number of benzene rings is 1. The fourth-order valence-electron chi connectivity index (χ4n) is 2.73. The number of aromatic nitrogens is 4. The van der Waals surface area contributed by atoms with Gasteiger partial charge >= 0.3 is 5.69 Å². The maximum atomic E-state index is 12.1. The van der Waals surface area contributed by atoms with Crippen LogP contribution in [0.3, 0.4) is 0 Å². The van der Waals surface area contributed by atoms with Gasteiger partial charge in [0.2, 0.25) is 0 Å². The summed E-state index contributed by atoms with van der Waals surface area (Å²) in [5, 5.41) is 1.67. The fraction of sp³-hybridized carbons (Fsp3) is 0.158. The van der Waals surface area contributed by atoms with E-state index in [-0.39, 0.29) is 11.2 Å². The number of furan rings is 1. The van der Waals surface area contributed by atoms with Crippen molar-refractivity contribution in [3.63, 3.8) is 0 Å². The molecule has 0 saturated heterocycles. The summed E-state index contributed by atoms with van der Waals surface area (Å²) in [6, 6.07) is 12.8. The van der Waals surface area contributed by atoms with Gasteiger partial charge in [0, 0.05) is 37.0 Å². The lowest BCUT2D eigenvalue weighted by atomic mass is 10.2. The average molecular weight is 380 g/mol. The van der Waals surface area contributed by atoms with Gasteiger partial charge in [-0.3, -0.25) is 13.9 Å². The molecule has 0 radical (unpaired) electrons. The summed E-state index contributed by atoms with van der Waals surface area (Å²) in [7, 11) is 3.12. The number of para-hydroxylation sites is 1. The van der Waals surface area contributed by atoms with Crippen LogP contribution in [0.2, 0.25) is 0 Å². The predicted molar refractivity (Wildman–Crippen MR) is 104 cm³/mol. The molecule has 8 heteroatoms. The first kappa shape index (κ1) is 17.3. The number of thioether (sulfide) groups is 1. The Kier molecular flexibility index (Phi) is 4.41. The standard InChI is InChI=1S/C19H16N4O3S/c1-22-12(10-16(24)23(2)19(22)25)11-27-18-13-6-3-4-7-14(13)20-17(21-18)15-8-5-9-26-15/h3-10H,11H2,1-2H3. The van der Waals surface area contributed by atoms with E-state index < -0.39 is 0 Å². The molecule has 0 aliphatic carbocycles. The third-order valence-corrected chi connectivity index (χ3v) is 5.32. The maximum Gasteiger partial charge on any atom is 0.330 e. The van der Waals surface area contributed by atoms with Gasteiger partial charge in [-0.25, -0.2) is 14.8 Å².